The van der Waals surface area contributed by atoms with E-state index in [0.717, 1.165) is 47.5 Å². The minimum Gasteiger partial charge on any atom is -0.395 e. The summed E-state index contributed by atoms with van der Waals surface area (Å²) in [5.74, 6) is 0.946. The predicted octanol–water partition coefficient (Wildman–Crippen LogP) is 2.09. The third kappa shape index (κ3) is 3.08. The molecule has 5 nitrogen and oxygen atoms in total. The first kappa shape index (κ1) is 16.7. The molecule has 1 heterocycles. The van der Waals surface area contributed by atoms with Crippen molar-refractivity contribution in [3.8, 4) is 0 Å². The summed E-state index contributed by atoms with van der Waals surface area (Å²) in [4.78, 5) is 17.3. The van der Waals surface area contributed by atoms with Crippen LogP contribution in [0.3, 0.4) is 0 Å². The van der Waals surface area contributed by atoms with E-state index in [2.05, 4.69) is 14.9 Å². The fraction of sp³-hybridized carbons (Fsp3) is 0.474. The molecule has 24 heavy (non-hydrogen) atoms. The lowest BCUT2D eigenvalue weighted by atomic mass is 9.94. The standard InChI is InChI=1S/C19H25N3O2/c1-12-5-4-6-13(2)18(12)19(24)21-15-7-8-17-16(11-15)20-14(3)22(17)9-10-23/h4-6,15,23H,7-11H2,1-3H3,(H,21,24). The van der Waals surface area contributed by atoms with Gasteiger partial charge >= 0.3 is 0 Å². The Kier molecular flexibility index (Phi) is 4.71. The zero-order valence-electron chi connectivity index (χ0n) is 14.6. The second kappa shape index (κ2) is 6.77. The van der Waals surface area contributed by atoms with Crippen molar-refractivity contribution in [1.29, 1.82) is 0 Å². The van der Waals surface area contributed by atoms with Crippen LogP contribution in [0.15, 0.2) is 18.2 Å². The highest BCUT2D eigenvalue weighted by Crippen LogP contribution is 2.23. The number of nitrogens with one attached hydrogen (secondary N) is 1. The number of benzene rings is 1. The Balaban J connectivity index is 1.75. The molecule has 2 N–H and O–H groups in total. The van der Waals surface area contributed by atoms with Crippen molar-refractivity contribution in [2.24, 2.45) is 0 Å². The first-order chi connectivity index (χ1) is 11.5. The molecule has 3 rings (SSSR count). The Hall–Kier alpha value is -2.14. The van der Waals surface area contributed by atoms with Gasteiger partial charge in [0.25, 0.3) is 5.91 Å². The third-order valence-electron chi connectivity index (χ3n) is 4.88. The van der Waals surface area contributed by atoms with Crippen molar-refractivity contribution in [2.45, 2.75) is 52.6 Å². The molecule has 0 bridgehead atoms. The number of carbonyl (C=O) groups is 1. The summed E-state index contributed by atoms with van der Waals surface area (Å²) >= 11 is 0. The van der Waals surface area contributed by atoms with Crippen LogP contribution in [0.25, 0.3) is 0 Å². The van der Waals surface area contributed by atoms with Gasteiger partial charge in [-0.3, -0.25) is 4.79 Å². The molecule has 128 valence electrons. The quantitative estimate of drug-likeness (QED) is 0.903. The number of aromatic nitrogens is 2. The van der Waals surface area contributed by atoms with Gasteiger partial charge in [-0.25, -0.2) is 4.98 Å². The summed E-state index contributed by atoms with van der Waals surface area (Å²) in [7, 11) is 0. The summed E-state index contributed by atoms with van der Waals surface area (Å²) < 4.78 is 2.10. The van der Waals surface area contributed by atoms with Crippen LogP contribution in [0.4, 0.5) is 0 Å². The number of nitrogens with zero attached hydrogens (tertiary/aromatic N) is 2. The summed E-state index contributed by atoms with van der Waals surface area (Å²) in [5, 5.41) is 12.4. The Morgan fingerprint density at radius 1 is 1.33 bits per heavy atom. The van der Waals surface area contributed by atoms with E-state index in [-0.39, 0.29) is 18.6 Å². The van der Waals surface area contributed by atoms with Crippen molar-refractivity contribution in [3.05, 3.63) is 52.1 Å². The third-order valence-corrected chi connectivity index (χ3v) is 4.88. The Labute approximate surface area is 142 Å². The highest BCUT2D eigenvalue weighted by molar-refractivity contribution is 5.97. The maximum absolute atomic E-state index is 12.7. The normalized spacial score (nSPS) is 16.8. The van der Waals surface area contributed by atoms with Crippen LogP contribution in [-0.2, 0) is 19.4 Å². The molecule has 2 aromatic rings. The van der Waals surface area contributed by atoms with Crippen molar-refractivity contribution < 1.29 is 9.90 Å². The first-order valence-electron chi connectivity index (χ1n) is 8.54. The Morgan fingerprint density at radius 2 is 2.04 bits per heavy atom. The predicted molar refractivity (Wildman–Crippen MR) is 93.2 cm³/mol. The molecule has 0 fully saturated rings. The van der Waals surface area contributed by atoms with Crippen LogP contribution in [0.2, 0.25) is 0 Å². The van der Waals surface area contributed by atoms with Crippen LogP contribution < -0.4 is 5.32 Å². The minimum atomic E-state index is 0.00515. The van der Waals surface area contributed by atoms with Crippen molar-refractivity contribution in [1.82, 2.24) is 14.9 Å². The summed E-state index contributed by atoms with van der Waals surface area (Å²) in [6.45, 7) is 6.63. The van der Waals surface area contributed by atoms with Gasteiger partial charge in [0.1, 0.15) is 5.82 Å². The largest absolute Gasteiger partial charge is 0.395 e. The van der Waals surface area contributed by atoms with E-state index in [1.807, 2.05) is 39.0 Å². The molecule has 1 unspecified atom stereocenters. The SMILES string of the molecule is Cc1cccc(C)c1C(=O)NC1CCc2c(nc(C)n2CCO)C1. The molecule has 0 saturated heterocycles. The number of amides is 1. The zero-order chi connectivity index (χ0) is 17.3. The molecule has 0 aliphatic heterocycles. The van der Waals surface area contributed by atoms with Crippen molar-refractivity contribution in [2.75, 3.05) is 6.61 Å². The van der Waals surface area contributed by atoms with E-state index in [0.29, 0.717) is 6.54 Å². The number of aliphatic hydroxyl groups excluding tert-OH is 1. The molecule has 1 aromatic carbocycles. The average molecular weight is 327 g/mol. The van der Waals surface area contributed by atoms with E-state index >= 15 is 0 Å². The van der Waals surface area contributed by atoms with Crippen LogP contribution >= 0.6 is 0 Å². The number of hydrogen-bond acceptors (Lipinski definition) is 3. The van der Waals surface area contributed by atoms with Gasteiger partial charge in [-0.1, -0.05) is 18.2 Å². The van der Waals surface area contributed by atoms with Crippen LogP contribution in [0, 0.1) is 20.8 Å². The number of aryl methyl sites for hydroxylation is 3. The highest BCUT2D eigenvalue weighted by atomic mass is 16.3. The zero-order valence-corrected chi connectivity index (χ0v) is 14.6. The van der Waals surface area contributed by atoms with Gasteiger partial charge in [0.05, 0.1) is 12.3 Å². The minimum absolute atomic E-state index is 0.00515. The van der Waals surface area contributed by atoms with Crippen LogP contribution in [-0.4, -0.2) is 33.2 Å². The topological polar surface area (TPSA) is 67.2 Å². The Morgan fingerprint density at radius 3 is 2.71 bits per heavy atom. The molecule has 0 radical (unpaired) electrons. The number of imidazole rings is 1. The second-order valence-corrected chi connectivity index (χ2v) is 6.61. The molecule has 1 atom stereocenters. The number of rotatable bonds is 4. The molecular formula is C19H25N3O2. The monoisotopic (exact) mass is 327 g/mol. The van der Waals surface area contributed by atoms with Gasteiger partial charge in [-0.05, 0) is 44.7 Å². The van der Waals surface area contributed by atoms with Gasteiger partial charge in [0, 0.05) is 30.3 Å². The highest BCUT2D eigenvalue weighted by Gasteiger charge is 2.26. The van der Waals surface area contributed by atoms with Crippen molar-refractivity contribution in [3.63, 3.8) is 0 Å². The fourth-order valence-electron chi connectivity index (χ4n) is 3.71. The van der Waals surface area contributed by atoms with Gasteiger partial charge < -0.3 is 15.0 Å². The van der Waals surface area contributed by atoms with Crippen LogP contribution in [0.5, 0.6) is 0 Å². The maximum atomic E-state index is 12.7. The second-order valence-electron chi connectivity index (χ2n) is 6.61. The van der Waals surface area contributed by atoms with Gasteiger partial charge in [-0.15, -0.1) is 0 Å². The number of fused-ring (bicyclic) bond motifs is 1. The van der Waals surface area contributed by atoms with E-state index in [1.54, 1.807) is 0 Å². The molecule has 5 heteroatoms. The summed E-state index contributed by atoms with van der Waals surface area (Å²) in [6.07, 6.45) is 2.54. The van der Waals surface area contributed by atoms with Crippen molar-refractivity contribution >= 4 is 5.91 Å². The van der Waals surface area contributed by atoms with Gasteiger partial charge in [0.15, 0.2) is 0 Å². The van der Waals surface area contributed by atoms with Gasteiger partial charge in [0.2, 0.25) is 0 Å². The molecule has 1 aliphatic carbocycles. The van der Waals surface area contributed by atoms with Crippen LogP contribution in [0.1, 0.15) is 45.1 Å². The smallest absolute Gasteiger partial charge is 0.252 e. The lowest BCUT2D eigenvalue weighted by Crippen LogP contribution is -2.39. The number of carbonyl (C=O) groups excluding carboxylic acids is 1. The Bertz CT molecular complexity index is 744. The molecule has 1 amide bonds. The lowest BCUT2D eigenvalue weighted by molar-refractivity contribution is 0.0932. The summed E-state index contributed by atoms with van der Waals surface area (Å²) in [5.41, 5.74) is 5.06. The molecule has 0 spiro atoms. The van der Waals surface area contributed by atoms with E-state index in [9.17, 15) is 9.90 Å². The molecule has 1 aromatic heterocycles. The molecule has 1 aliphatic rings. The molecular weight excluding hydrogens is 302 g/mol. The number of hydrogen-bond donors (Lipinski definition) is 2. The van der Waals surface area contributed by atoms with E-state index in [4.69, 9.17) is 0 Å². The maximum Gasteiger partial charge on any atom is 0.252 e. The van der Waals surface area contributed by atoms with E-state index in [1.165, 1.54) is 5.69 Å². The number of aliphatic hydroxyl groups is 1. The first-order valence-corrected chi connectivity index (χ1v) is 8.54. The lowest BCUT2D eigenvalue weighted by Gasteiger charge is -2.24. The fourth-order valence-corrected chi connectivity index (χ4v) is 3.71. The summed E-state index contributed by atoms with van der Waals surface area (Å²) in [6, 6.07) is 6.04. The molecule has 0 saturated carbocycles. The van der Waals surface area contributed by atoms with Gasteiger partial charge in [-0.2, -0.15) is 0 Å². The van der Waals surface area contributed by atoms with E-state index < -0.39 is 0 Å². The average Bonchev–Trinajstić information content (AvgIpc) is 2.83.